The summed E-state index contributed by atoms with van der Waals surface area (Å²) in [6.07, 6.45) is 1.61. The van der Waals surface area contributed by atoms with Crippen molar-refractivity contribution in [1.82, 2.24) is 0 Å². The molecule has 1 unspecified atom stereocenters. The molecule has 4 N–H and O–H groups in total. The zero-order chi connectivity index (χ0) is 15.5. The summed E-state index contributed by atoms with van der Waals surface area (Å²) in [7, 11) is 0. The Morgan fingerprint density at radius 3 is 1.47 bits per heavy atom. The minimum Gasteiger partial charge on any atom is -0.396 e. The van der Waals surface area contributed by atoms with Crippen LogP contribution in [0.15, 0.2) is 12.2 Å². The molecule has 0 aromatic rings. The lowest BCUT2D eigenvalue weighted by Gasteiger charge is -2.16. The molecule has 7 heteroatoms. The van der Waals surface area contributed by atoms with Crippen molar-refractivity contribution in [1.29, 1.82) is 0 Å². The molecule has 1 rings (SSSR count). The summed E-state index contributed by atoms with van der Waals surface area (Å²) in [5, 5.41) is 32.9. The van der Waals surface area contributed by atoms with E-state index in [-0.39, 0.29) is 25.2 Å². The van der Waals surface area contributed by atoms with Crippen molar-refractivity contribution in [2.45, 2.75) is 26.9 Å². The number of esters is 2. The maximum absolute atomic E-state index is 9.92. The Balaban J connectivity index is 0. The average Bonchev–Trinajstić information content (AvgIpc) is 2.74. The van der Waals surface area contributed by atoms with Crippen molar-refractivity contribution in [3.63, 3.8) is 0 Å². The molecule has 0 bridgehead atoms. The lowest BCUT2D eigenvalue weighted by molar-refractivity contribution is -0.150. The van der Waals surface area contributed by atoms with Crippen LogP contribution < -0.4 is 0 Å². The predicted octanol–water partition coefficient (Wildman–Crippen LogP) is -1.02. The Hall–Kier alpha value is -1.28. The van der Waals surface area contributed by atoms with E-state index >= 15 is 0 Å². The van der Waals surface area contributed by atoms with Gasteiger partial charge in [0.25, 0.3) is 0 Å². The second-order valence-corrected chi connectivity index (χ2v) is 4.59. The molecule has 0 aromatic carbocycles. The number of carbonyl (C=O) groups is 2. The van der Waals surface area contributed by atoms with Gasteiger partial charge in [0, 0.05) is 17.6 Å². The normalized spacial score (nSPS) is 14.9. The zero-order valence-corrected chi connectivity index (χ0v) is 11.4. The molecule has 1 aliphatic rings. The summed E-state index contributed by atoms with van der Waals surface area (Å²) in [5.74, 6) is -1.16. The highest BCUT2D eigenvalue weighted by Gasteiger charge is 2.13. The van der Waals surface area contributed by atoms with Gasteiger partial charge in [-0.3, -0.25) is 0 Å². The third-order valence-electron chi connectivity index (χ3n) is 1.68. The fourth-order valence-corrected chi connectivity index (χ4v) is 0.353. The maximum Gasteiger partial charge on any atom is 0.338 e. The first-order valence-corrected chi connectivity index (χ1v) is 5.63. The van der Waals surface area contributed by atoms with E-state index in [1.54, 1.807) is 13.8 Å². The topological polar surface area (TPSA) is 124 Å². The summed E-state index contributed by atoms with van der Waals surface area (Å²) in [6.45, 7) is 5.08. The fourth-order valence-electron chi connectivity index (χ4n) is 0.353. The van der Waals surface area contributed by atoms with Crippen LogP contribution in [-0.4, -0.2) is 58.3 Å². The van der Waals surface area contributed by atoms with Gasteiger partial charge in [0.1, 0.15) is 0 Å². The van der Waals surface area contributed by atoms with E-state index in [1.165, 1.54) is 6.92 Å². The zero-order valence-electron chi connectivity index (χ0n) is 11.4. The standard InChI is InChI=1S/C5H12O2.C4H2O3.C3H8O2/c1-5(2,3-6)4-7;5-3-1-2-4(6)7-3;1-3(5)2-4/h6-7H,3-4H2,1-2H3;1-2H;3-5H,2H2,1H3. The molecule has 0 amide bonds. The average molecular weight is 278 g/mol. The quantitative estimate of drug-likeness (QED) is 0.385. The summed E-state index contributed by atoms with van der Waals surface area (Å²) in [6, 6.07) is 0. The lowest BCUT2D eigenvalue weighted by atomic mass is 9.97. The second kappa shape index (κ2) is 10.6. The van der Waals surface area contributed by atoms with Gasteiger partial charge in [0.05, 0.1) is 25.9 Å². The van der Waals surface area contributed by atoms with Gasteiger partial charge < -0.3 is 25.2 Å². The Kier molecular flexibility index (Phi) is 11.2. The number of aliphatic hydroxyl groups excluding tert-OH is 4. The van der Waals surface area contributed by atoms with Crippen LogP contribution in [0.3, 0.4) is 0 Å². The van der Waals surface area contributed by atoms with Gasteiger partial charge >= 0.3 is 11.9 Å². The Morgan fingerprint density at radius 1 is 1.11 bits per heavy atom. The largest absolute Gasteiger partial charge is 0.396 e. The first-order valence-electron chi connectivity index (χ1n) is 5.63. The van der Waals surface area contributed by atoms with E-state index in [4.69, 9.17) is 20.4 Å². The summed E-state index contributed by atoms with van der Waals surface area (Å²) in [5.41, 5.74) is -0.306. The SMILES string of the molecule is CC(C)(CO)CO.CC(O)CO.O=C1C=CC(=O)O1. The number of cyclic esters (lactones) is 2. The number of carbonyl (C=O) groups excluding carboxylic acids is 2. The molecule has 1 heterocycles. The van der Waals surface area contributed by atoms with Crippen LogP contribution in [-0.2, 0) is 14.3 Å². The number of aliphatic hydroxyl groups is 4. The van der Waals surface area contributed by atoms with Crippen molar-refractivity contribution < 1.29 is 34.8 Å². The van der Waals surface area contributed by atoms with Crippen LogP contribution in [0.5, 0.6) is 0 Å². The predicted molar refractivity (Wildman–Crippen MR) is 67.0 cm³/mol. The van der Waals surface area contributed by atoms with Gasteiger partial charge in [-0.1, -0.05) is 13.8 Å². The highest BCUT2D eigenvalue weighted by atomic mass is 16.6. The number of hydrogen-bond donors (Lipinski definition) is 4. The monoisotopic (exact) mass is 278 g/mol. The number of rotatable bonds is 3. The number of hydrogen-bond acceptors (Lipinski definition) is 7. The summed E-state index contributed by atoms with van der Waals surface area (Å²) in [4.78, 5) is 19.8. The van der Waals surface area contributed by atoms with Gasteiger partial charge in [-0.25, -0.2) is 9.59 Å². The van der Waals surface area contributed by atoms with E-state index in [0.29, 0.717) is 0 Å². The number of ether oxygens (including phenoxy) is 1. The molecule has 1 aliphatic heterocycles. The molecule has 0 fully saturated rings. The van der Waals surface area contributed by atoms with E-state index in [0.717, 1.165) is 12.2 Å². The molecule has 0 spiro atoms. The third-order valence-corrected chi connectivity index (χ3v) is 1.68. The molecular formula is C12H22O7. The highest BCUT2D eigenvalue weighted by molar-refractivity contribution is 6.04. The van der Waals surface area contributed by atoms with Crippen LogP contribution in [0, 0.1) is 5.41 Å². The Bertz CT molecular complexity index is 272. The Labute approximate surface area is 112 Å². The smallest absolute Gasteiger partial charge is 0.338 e. The van der Waals surface area contributed by atoms with Crippen LogP contribution in [0.4, 0.5) is 0 Å². The van der Waals surface area contributed by atoms with Crippen molar-refractivity contribution in [3.05, 3.63) is 12.2 Å². The van der Waals surface area contributed by atoms with Gasteiger partial charge in [-0.15, -0.1) is 0 Å². The molecule has 1 atom stereocenters. The first-order chi connectivity index (χ1) is 8.68. The molecule has 0 aromatic heterocycles. The molecule has 0 radical (unpaired) electrons. The molecule has 0 saturated heterocycles. The minimum atomic E-state index is -0.579. The van der Waals surface area contributed by atoms with Crippen molar-refractivity contribution in [2.75, 3.05) is 19.8 Å². The van der Waals surface area contributed by atoms with E-state index in [2.05, 4.69) is 4.74 Å². The maximum atomic E-state index is 9.92. The molecular weight excluding hydrogens is 256 g/mol. The summed E-state index contributed by atoms with van der Waals surface area (Å²) < 4.78 is 3.97. The molecule has 7 nitrogen and oxygen atoms in total. The van der Waals surface area contributed by atoms with E-state index in [9.17, 15) is 9.59 Å². The van der Waals surface area contributed by atoms with Crippen molar-refractivity contribution in [2.24, 2.45) is 5.41 Å². The van der Waals surface area contributed by atoms with Crippen LogP contribution in [0.25, 0.3) is 0 Å². The molecule has 112 valence electrons. The van der Waals surface area contributed by atoms with Gasteiger partial charge in [0.2, 0.25) is 0 Å². The van der Waals surface area contributed by atoms with Crippen LogP contribution in [0.2, 0.25) is 0 Å². The van der Waals surface area contributed by atoms with Gasteiger partial charge in [0.15, 0.2) is 0 Å². The van der Waals surface area contributed by atoms with Crippen LogP contribution in [0.1, 0.15) is 20.8 Å². The van der Waals surface area contributed by atoms with E-state index in [1.807, 2.05) is 0 Å². The minimum absolute atomic E-state index is 0.0451. The highest BCUT2D eigenvalue weighted by Crippen LogP contribution is 2.10. The molecule has 0 aliphatic carbocycles. The molecule has 19 heavy (non-hydrogen) atoms. The summed E-state index contributed by atoms with van der Waals surface area (Å²) >= 11 is 0. The Morgan fingerprint density at radius 2 is 1.42 bits per heavy atom. The third kappa shape index (κ3) is 14.7. The second-order valence-electron chi connectivity index (χ2n) is 4.59. The van der Waals surface area contributed by atoms with Gasteiger partial charge in [-0.05, 0) is 6.92 Å². The van der Waals surface area contributed by atoms with Crippen molar-refractivity contribution >= 4 is 11.9 Å². The first kappa shape index (κ1) is 20.0. The lowest BCUT2D eigenvalue weighted by Crippen LogP contribution is -2.20. The van der Waals surface area contributed by atoms with Crippen LogP contribution >= 0.6 is 0 Å². The van der Waals surface area contributed by atoms with Gasteiger partial charge in [-0.2, -0.15) is 0 Å². The fraction of sp³-hybridized carbons (Fsp3) is 0.667. The molecule has 0 saturated carbocycles. The van der Waals surface area contributed by atoms with E-state index < -0.39 is 18.0 Å². The van der Waals surface area contributed by atoms with Crippen molar-refractivity contribution in [3.8, 4) is 0 Å².